The van der Waals surface area contributed by atoms with Crippen molar-refractivity contribution in [2.45, 2.75) is 6.92 Å². The van der Waals surface area contributed by atoms with Crippen LogP contribution in [0.2, 0.25) is 0 Å². The van der Waals surface area contributed by atoms with E-state index in [9.17, 15) is 0 Å². The highest BCUT2D eigenvalue weighted by atomic mass is 15.3. The molecule has 4 rings (SSSR count). The van der Waals surface area contributed by atoms with E-state index in [1.54, 1.807) is 6.20 Å². The average molecular weight is 347 g/mol. The molecular formula is C21H25N5. The minimum atomic E-state index is 0.650. The van der Waals surface area contributed by atoms with E-state index in [0.29, 0.717) is 11.5 Å². The molecule has 1 fully saturated rings. The van der Waals surface area contributed by atoms with Crippen LogP contribution in [0.5, 0.6) is 0 Å². The number of nitrogens with zero attached hydrogens (tertiary/aromatic N) is 3. The van der Waals surface area contributed by atoms with Crippen LogP contribution < -0.4 is 16.0 Å². The van der Waals surface area contributed by atoms with Crippen molar-refractivity contribution in [3.8, 4) is 0 Å². The van der Waals surface area contributed by atoms with E-state index in [4.69, 9.17) is 5.73 Å². The quantitative estimate of drug-likeness (QED) is 0.754. The van der Waals surface area contributed by atoms with Gasteiger partial charge in [-0.05, 0) is 42.3 Å². The predicted octanol–water partition coefficient (Wildman–Crippen LogP) is 3.70. The predicted molar refractivity (Wildman–Crippen MR) is 110 cm³/mol. The van der Waals surface area contributed by atoms with Crippen molar-refractivity contribution in [1.29, 1.82) is 0 Å². The van der Waals surface area contributed by atoms with Crippen molar-refractivity contribution >= 4 is 33.7 Å². The van der Waals surface area contributed by atoms with Crippen molar-refractivity contribution in [2.75, 3.05) is 48.7 Å². The Morgan fingerprint density at radius 2 is 1.88 bits per heavy atom. The second-order valence-corrected chi connectivity index (χ2v) is 6.70. The lowest BCUT2D eigenvalue weighted by molar-refractivity contribution is 0.271. The lowest BCUT2D eigenvalue weighted by Gasteiger charge is -2.36. The first-order valence-corrected chi connectivity index (χ1v) is 9.22. The van der Waals surface area contributed by atoms with Gasteiger partial charge in [0.05, 0.1) is 5.69 Å². The molecule has 26 heavy (non-hydrogen) atoms. The molecule has 0 atom stereocenters. The third kappa shape index (κ3) is 3.30. The summed E-state index contributed by atoms with van der Waals surface area (Å²) in [6.45, 7) is 7.73. The van der Waals surface area contributed by atoms with Gasteiger partial charge in [-0.1, -0.05) is 25.1 Å². The van der Waals surface area contributed by atoms with Crippen molar-refractivity contribution in [3.63, 3.8) is 0 Å². The second-order valence-electron chi connectivity index (χ2n) is 6.70. The van der Waals surface area contributed by atoms with Crippen molar-refractivity contribution < 1.29 is 0 Å². The number of fused-ring (bicyclic) bond motifs is 1. The highest BCUT2D eigenvalue weighted by Crippen LogP contribution is 2.31. The molecule has 0 unspecified atom stereocenters. The van der Waals surface area contributed by atoms with Gasteiger partial charge in [-0.25, -0.2) is 4.98 Å². The Morgan fingerprint density at radius 1 is 1.04 bits per heavy atom. The summed E-state index contributed by atoms with van der Waals surface area (Å²) in [7, 11) is 0. The highest BCUT2D eigenvalue weighted by Gasteiger charge is 2.17. The maximum Gasteiger partial charge on any atom is 0.153 e. The molecule has 0 amide bonds. The molecule has 0 saturated carbocycles. The van der Waals surface area contributed by atoms with Crippen LogP contribution in [0, 0.1) is 0 Å². The molecule has 5 nitrogen and oxygen atoms in total. The molecule has 1 aliphatic heterocycles. The molecule has 1 aliphatic rings. The molecule has 1 saturated heterocycles. The Balaban J connectivity index is 1.65. The lowest BCUT2D eigenvalue weighted by atomic mass is 10.1. The maximum absolute atomic E-state index is 6.02. The molecule has 2 aromatic carbocycles. The molecule has 3 N–H and O–H groups in total. The Kier molecular flexibility index (Phi) is 4.63. The van der Waals surface area contributed by atoms with Crippen LogP contribution in [-0.2, 0) is 0 Å². The summed E-state index contributed by atoms with van der Waals surface area (Å²) >= 11 is 0. The van der Waals surface area contributed by atoms with Gasteiger partial charge in [0, 0.05) is 49.1 Å². The molecule has 0 spiro atoms. The van der Waals surface area contributed by atoms with Crippen LogP contribution in [0.15, 0.2) is 54.7 Å². The van der Waals surface area contributed by atoms with Crippen molar-refractivity contribution in [2.24, 2.45) is 0 Å². The first kappa shape index (κ1) is 16.7. The summed E-state index contributed by atoms with van der Waals surface area (Å²) in [4.78, 5) is 9.32. The van der Waals surface area contributed by atoms with Crippen LogP contribution in [0.3, 0.4) is 0 Å². The number of aromatic nitrogens is 1. The molecule has 2 heterocycles. The summed E-state index contributed by atoms with van der Waals surface area (Å²) < 4.78 is 0. The molecule has 0 radical (unpaired) electrons. The molecule has 3 aromatic rings. The topological polar surface area (TPSA) is 57.4 Å². The van der Waals surface area contributed by atoms with E-state index >= 15 is 0 Å². The smallest absolute Gasteiger partial charge is 0.153 e. The first-order chi connectivity index (χ1) is 12.7. The zero-order chi connectivity index (χ0) is 17.9. The van der Waals surface area contributed by atoms with E-state index in [1.165, 1.54) is 16.5 Å². The van der Waals surface area contributed by atoms with E-state index in [0.717, 1.165) is 38.4 Å². The zero-order valence-corrected chi connectivity index (χ0v) is 15.2. The maximum atomic E-state index is 6.02. The SMILES string of the molecule is CCN1CCN(c2cccc3ccc(Nc4ncccc4N)cc23)CC1. The third-order valence-corrected chi connectivity index (χ3v) is 5.12. The number of piperazine rings is 1. The Bertz CT molecular complexity index is 900. The van der Waals surface area contributed by atoms with Crippen LogP contribution in [-0.4, -0.2) is 42.6 Å². The van der Waals surface area contributed by atoms with E-state index in [2.05, 4.69) is 63.4 Å². The van der Waals surface area contributed by atoms with Crippen LogP contribution in [0.25, 0.3) is 10.8 Å². The molecular weight excluding hydrogens is 322 g/mol. The summed E-state index contributed by atoms with van der Waals surface area (Å²) in [5.41, 5.74) is 8.97. The first-order valence-electron chi connectivity index (χ1n) is 9.22. The van der Waals surface area contributed by atoms with Crippen molar-refractivity contribution in [3.05, 3.63) is 54.7 Å². The molecule has 134 valence electrons. The summed E-state index contributed by atoms with van der Waals surface area (Å²) in [6.07, 6.45) is 1.75. The second kappa shape index (κ2) is 7.22. The standard InChI is InChI=1S/C21H25N5/c1-2-25-11-13-26(14-12-25)20-7-3-5-16-8-9-17(15-18(16)20)24-21-19(22)6-4-10-23-21/h3-10,15H,2,11-14,22H2,1H3,(H,23,24). The number of hydrogen-bond acceptors (Lipinski definition) is 5. The van der Waals surface area contributed by atoms with Gasteiger partial charge in [0.15, 0.2) is 5.82 Å². The largest absolute Gasteiger partial charge is 0.396 e. The number of benzene rings is 2. The third-order valence-electron chi connectivity index (χ3n) is 5.12. The minimum Gasteiger partial charge on any atom is -0.396 e. The molecule has 0 aliphatic carbocycles. The van der Waals surface area contributed by atoms with Crippen molar-refractivity contribution in [1.82, 2.24) is 9.88 Å². The van der Waals surface area contributed by atoms with E-state index < -0.39 is 0 Å². The average Bonchev–Trinajstić information content (AvgIpc) is 2.69. The van der Waals surface area contributed by atoms with E-state index in [-0.39, 0.29) is 0 Å². The summed E-state index contributed by atoms with van der Waals surface area (Å²) in [5, 5.41) is 5.86. The van der Waals surface area contributed by atoms with Gasteiger partial charge in [0.2, 0.25) is 0 Å². The monoisotopic (exact) mass is 347 g/mol. The van der Waals surface area contributed by atoms with Gasteiger partial charge in [-0.2, -0.15) is 0 Å². The summed E-state index contributed by atoms with van der Waals surface area (Å²) in [6, 6.07) is 16.7. The Morgan fingerprint density at radius 3 is 2.65 bits per heavy atom. The fraction of sp³-hybridized carbons (Fsp3) is 0.286. The van der Waals surface area contributed by atoms with Gasteiger partial charge in [-0.3, -0.25) is 0 Å². The van der Waals surface area contributed by atoms with Gasteiger partial charge >= 0.3 is 0 Å². The number of nitrogens with two attached hydrogens (primary N) is 1. The minimum absolute atomic E-state index is 0.650. The Hall–Kier alpha value is -2.79. The van der Waals surface area contributed by atoms with Crippen LogP contribution in [0.1, 0.15) is 6.92 Å². The molecule has 5 heteroatoms. The number of likely N-dealkylation sites (N-methyl/N-ethyl adjacent to an activating group) is 1. The lowest BCUT2D eigenvalue weighted by Crippen LogP contribution is -2.46. The van der Waals surface area contributed by atoms with Gasteiger partial charge < -0.3 is 20.9 Å². The number of anilines is 4. The number of nitrogens with one attached hydrogen (secondary N) is 1. The van der Waals surface area contributed by atoms with Crippen LogP contribution in [0.4, 0.5) is 22.9 Å². The fourth-order valence-electron chi connectivity index (χ4n) is 3.57. The number of pyridine rings is 1. The van der Waals surface area contributed by atoms with Gasteiger partial charge in [0.1, 0.15) is 0 Å². The molecule has 0 bridgehead atoms. The summed E-state index contributed by atoms with van der Waals surface area (Å²) in [5.74, 6) is 0.695. The zero-order valence-electron chi connectivity index (χ0n) is 15.2. The van der Waals surface area contributed by atoms with E-state index in [1.807, 2.05) is 12.1 Å². The normalized spacial score (nSPS) is 15.3. The van der Waals surface area contributed by atoms with Gasteiger partial charge in [0.25, 0.3) is 0 Å². The number of rotatable bonds is 4. The number of hydrogen-bond donors (Lipinski definition) is 2. The molecule has 1 aromatic heterocycles. The fourth-order valence-corrected chi connectivity index (χ4v) is 3.57. The number of nitrogen functional groups attached to an aromatic ring is 1. The van der Waals surface area contributed by atoms with Gasteiger partial charge in [-0.15, -0.1) is 0 Å². The van der Waals surface area contributed by atoms with Crippen LogP contribution >= 0.6 is 0 Å². The highest BCUT2D eigenvalue weighted by molar-refractivity contribution is 5.97. The Labute approximate surface area is 154 Å².